The smallest absolute Gasteiger partial charge is 0.338 e. The van der Waals surface area contributed by atoms with E-state index < -0.39 is 0 Å². The van der Waals surface area contributed by atoms with Crippen molar-refractivity contribution in [3.8, 4) is 0 Å². The maximum atomic E-state index is 11.9. The molecule has 2 rings (SSSR count). The molecule has 0 aliphatic carbocycles. The highest BCUT2D eigenvalue weighted by molar-refractivity contribution is 5.89. The fourth-order valence-corrected chi connectivity index (χ4v) is 2.32. The van der Waals surface area contributed by atoms with Crippen LogP contribution in [0.3, 0.4) is 0 Å². The summed E-state index contributed by atoms with van der Waals surface area (Å²) in [7, 11) is 2.15. The number of rotatable bonds is 2. The van der Waals surface area contributed by atoms with Crippen LogP contribution in [0.15, 0.2) is 24.3 Å². The van der Waals surface area contributed by atoms with Crippen LogP contribution in [-0.4, -0.2) is 32.2 Å². The molecule has 3 nitrogen and oxygen atoms in total. The first-order valence-corrected chi connectivity index (χ1v) is 6.24. The molecular weight excluding hydrogens is 250 g/mol. The van der Waals surface area contributed by atoms with Gasteiger partial charge in [0.25, 0.3) is 0 Å². The molecule has 1 saturated heterocycles. The molecule has 0 aromatic heterocycles. The Bertz CT molecular complexity index is 409. The van der Waals surface area contributed by atoms with Gasteiger partial charge in [0.1, 0.15) is 6.54 Å². The van der Waals surface area contributed by atoms with Crippen molar-refractivity contribution < 1.29 is 26.8 Å². The largest absolute Gasteiger partial charge is 1.00 e. The molecular formula is C14H20ClNO2. The highest BCUT2D eigenvalue weighted by Gasteiger charge is 2.24. The van der Waals surface area contributed by atoms with Crippen LogP contribution < -0.4 is 17.3 Å². The lowest BCUT2D eigenvalue weighted by molar-refractivity contribution is -0.888. The fraction of sp³-hybridized carbons (Fsp3) is 0.500. The van der Waals surface area contributed by atoms with Crippen LogP contribution in [0, 0.1) is 6.92 Å². The minimum atomic E-state index is -0.187. The molecule has 100 valence electrons. The monoisotopic (exact) mass is 269 g/mol. The molecule has 1 fully saturated rings. The fourth-order valence-electron chi connectivity index (χ4n) is 2.32. The third kappa shape index (κ3) is 4.00. The minimum absolute atomic E-state index is 0. The molecule has 0 radical (unpaired) electrons. The summed E-state index contributed by atoms with van der Waals surface area (Å²) in [5.74, 6) is -0.187. The number of hydrogen-bond acceptors (Lipinski definition) is 2. The quantitative estimate of drug-likeness (QED) is 0.620. The van der Waals surface area contributed by atoms with E-state index >= 15 is 0 Å². The van der Waals surface area contributed by atoms with Gasteiger partial charge in [0.05, 0.1) is 19.2 Å². The number of quaternary nitrogens is 1. The Balaban J connectivity index is 0.00000162. The summed E-state index contributed by atoms with van der Waals surface area (Å²) in [6.45, 7) is 4.09. The van der Waals surface area contributed by atoms with Crippen LogP contribution in [0.4, 0.5) is 0 Å². The lowest BCUT2D eigenvalue weighted by Gasteiger charge is -2.26. The van der Waals surface area contributed by atoms with Gasteiger partial charge in [-0.15, -0.1) is 0 Å². The molecule has 18 heavy (non-hydrogen) atoms. The molecule has 2 atom stereocenters. The van der Waals surface area contributed by atoms with Gasteiger partial charge in [0, 0.05) is 6.42 Å². The maximum Gasteiger partial charge on any atom is 0.338 e. The second-order valence-corrected chi connectivity index (χ2v) is 4.95. The first-order chi connectivity index (χ1) is 8.15. The predicted octanol–water partition coefficient (Wildman–Crippen LogP) is -2.17. The number of benzene rings is 1. The van der Waals surface area contributed by atoms with Gasteiger partial charge in [-0.2, -0.15) is 0 Å². The number of esters is 1. The van der Waals surface area contributed by atoms with Crippen molar-refractivity contribution in [3.05, 3.63) is 35.4 Å². The highest BCUT2D eigenvalue weighted by Crippen LogP contribution is 2.10. The second-order valence-electron chi connectivity index (χ2n) is 4.95. The molecule has 0 bridgehead atoms. The first-order valence-electron chi connectivity index (χ1n) is 6.24. The van der Waals surface area contributed by atoms with E-state index in [9.17, 15) is 4.79 Å². The molecule has 1 N–H and O–H groups in total. The third-order valence-electron chi connectivity index (χ3n) is 3.23. The number of likely N-dealkylation sites (N-methyl/N-ethyl adjacent to an activating group) is 1. The van der Waals surface area contributed by atoms with E-state index in [1.807, 2.05) is 31.2 Å². The molecule has 0 spiro atoms. The number of carbonyl (C=O) groups is 1. The standard InChI is InChI=1S/C14H19NO2.ClH/c1-11-5-3-6-12(9-11)14(16)17-13-7-4-8-15(2)10-13;/h3,5-6,9,13H,4,7-8,10H2,1-2H3;1H. The van der Waals surface area contributed by atoms with Crippen molar-refractivity contribution in [2.75, 3.05) is 20.1 Å². The number of carbonyl (C=O) groups excluding carboxylic acids is 1. The van der Waals surface area contributed by atoms with E-state index in [4.69, 9.17) is 4.74 Å². The molecule has 1 aromatic carbocycles. The number of hydrogen-bond donors (Lipinski definition) is 1. The molecule has 1 aromatic rings. The van der Waals surface area contributed by atoms with E-state index in [-0.39, 0.29) is 24.5 Å². The van der Waals surface area contributed by atoms with Gasteiger partial charge in [0.2, 0.25) is 0 Å². The number of halogens is 1. The number of aryl methyl sites for hydroxylation is 1. The maximum absolute atomic E-state index is 11.9. The van der Waals surface area contributed by atoms with Crippen molar-refractivity contribution in [1.29, 1.82) is 0 Å². The van der Waals surface area contributed by atoms with Gasteiger partial charge in [-0.25, -0.2) is 4.79 Å². The van der Waals surface area contributed by atoms with Crippen molar-refractivity contribution in [2.45, 2.75) is 25.9 Å². The Hall–Kier alpha value is -1.06. The lowest BCUT2D eigenvalue weighted by atomic mass is 10.1. The second kappa shape index (κ2) is 6.76. The summed E-state index contributed by atoms with van der Waals surface area (Å²) in [5.41, 5.74) is 1.75. The summed E-state index contributed by atoms with van der Waals surface area (Å²) < 4.78 is 5.54. The Kier molecular flexibility index (Phi) is 5.63. The van der Waals surface area contributed by atoms with E-state index in [1.165, 1.54) is 11.4 Å². The Morgan fingerprint density at radius 2 is 2.22 bits per heavy atom. The normalized spacial score (nSPS) is 23.0. The van der Waals surface area contributed by atoms with Crippen LogP contribution in [0.25, 0.3) is 0 Å². The highest BCUT2D eigenvalue weighted by atomic mass is 35.5. The van der Waals surface area contributed by atoms with Crippen LogP contribution in [0.2, 0.25) is 0 Å². The topological polar surface area (TPSA) is 30.7 Å². The van der Waals surface area contributed by atoms with Crippen LogP contribution in [-0.2, 0) is 4.74 Å². The zero-order valence-corrected chi connectivity index (χ0v) is 11.7. The number of piperidine rings is 1. The van der Waals surface area contributed by atoms with Gasteiger partial charge < -0.3 is 22.0 Å². The van der Waals surface area contributed by atoms with Crippen molar-refractivity contribution in [1.82, 2.24) is 0 Å². The van der Waals surface area contributed by atoms with Crippen molar-refractivity contribution in [3.63, 3.8) is 0 Å². The van der Waals surface area contributed by atoms with Crippen molar-refractivity contribution >= 4 is 5.97 Å². The third-order valence-corrected chi connectivity index (χ3v) is 3.23. The van der Waals surface area contributed by atoms with Gasteiger partial charge >= 0.3 is 5.97 Å². The summed E-state index contributed by atoms with van der Waals surface area (Å²) in [6.07, 6.45) is 2.21. The molecule has 4 heteroatoms. The van der Waals surface area contributed by atoms with Gasteiger partial charge in [-0.05, 0) is 25.5 Å². The Labute approximate surface area is 115 Å². The Morgan fingerprint density at radius 1 is 1.44 bits per heavy atom. The van der Waals surface area contributed by atoms with Gasteiger partial charge in [-0.1, -0.05) is 17.7 Å². The molecule has 1 heterocycles. The average molecular weight is 270 g/mol. The van der Waals surface area contributed by atoms with E-state index in [2.05, 4.69) is 7.05 Å². The zero-order valence-electron chi connectivity index (χ0n) is 10.9. The number of ether oxygens (including phenoxy) is 1. The van der Waals surface area contributed by atoms with Crippen LogP contribution >= 0.6 is 0 Å². The molecule has 0 saturated carbocycles. The SMILES string of the molecule is Cc1cccc(C(=O)OC2CCC[NH+](C)C2)c1.[Cl-]. The molecule has 0 amide bonds. The van der Waals surface area contributed by atoms with E-state index in [1.54, 1.807) is 0 Å². The summed E-state index contributed by atoms with van der Waals surface area (Å²) in [6, 6.07) is 7.57. The Morgan fingerprint density at radius 3 is 2.89 bits per heavy atom. The molecule has 1 aliphatic rings. The molecule has 1 aliphatic heterocycles. The van der Waals surface area contributed by atoms with Gasteiger partial charge in [-0.3, -0.25) is 0 Å². The summed E-state index contributed by atoms with van der Waals surface area (Å²) in [5, 5.41) is 0. The summed E-state index contributed by atoms with van der Waals surface area (Å²) in [4.78, 5) is 13.4. The average Bonchev–Trinajstić information content (AvgIpc) is 2.29. The number of likely N-dealkylation sites (tertiary alicyclic amines) is 1. The summed E-state index contributed by atoms with van der Waals surface area (Å²) >= 11 is 0. The van der Waals surface area contributed by atoms with Crippen LogP contribution in [0.1, 0.15) is 28.8 Å². The molecule has 2 unspecified atom stereocenters. The predicted molar refractivity (Wildman–Crippen MR) is 66.2 cm³/mol. The number of nitrogens with one attached hydrogen (secondary N) is 1. The van der Waals surface area contributed by atoms with Crippen LogP contribution in [0.5, 0.6) is 0 Å². The zero-order chi connectivity index (χ0) is 12.3. The lowest BCUT2D eigenvalue weighted by Crippen LogP contribution is -3.11. The van der Waals surface area contributed by atoms with Crippen molar-refractivity contribution in [2.24, 2.45) is 0 Å². The first kappa shape index (κ1) is 15.0. The van der Waals surface area contributed by atoms with Gasteiger partial charge in [0.15, 0.2) is 6.10 Å². The van der Waals surface area contributed by atoms with E-state index in [0.29, 0.717) is 5.56 Å². The minimum Gasteiger partial charge on any atom is -1.00 e. The van der Waals surface area contributed by atoms with E-state index in [0.717, 1.165) is 24.9 Å².